The van der Waals surface area contributed by atoms with Crippen LogP contribution in [0.3, 0.4) is 0 Å². The first-order valence-corrected chi connectivity index (χ1v) is 6.25. The summed E-state index contributed by atoms with van der Waals surface area (Å²) in [6.45, 7) is 3.51. The summed E-state index contributed by atoms with van der Waals surface area (Å²) in [4.78, 5) is 25.5. The second kappa shape index (κ2) is 5.01. The lowest BCUT2D eigenvalue weighted by atomic mass is 10.0. The fourth-order valence-electron chi connectivity index (χ4n) is 2.05. The fraction of sp³-hybridized carbons (Fsp3) is 0.429. The van der Waals surface area contributed by atoms with Gasteiger partial charge in [0.05, 0.1) is 11.7 Å². The smallest absolute Gasteiger partial charge is 0.267 e. The van der Waals surface area contributed by atoms with E-state index in [-0.39, 0.29) is 17.7 Å². The van der Waals surface area contributed by atoms with Crippen LogP contribution in [-0.4, -0.2) is 37.9 Å². The molecule has 1 N–H and O–H groups in total. The minimum atomic E-state index is -0.490. The van der Waals surface area contributed by atoms with E-state index in [1.807, 2.05) is 0 Å². The van der Waals surface area contributed by atoms with Gasteiger partial charge in [-0.05, 0) is 39.1 Å². The molecule has 0 aliphatic carbocycles. The lowest BCUT2D eigenvalue weighted by Crippen LogP contribution is -2.42. The molecule has 0 spiro atoms. The van der Waals surface area contributed by atoms with E-state index < -0.39 is 6.10 Å². The van der Waals surface area contributed by atoms with E-state index >= 15 is 0 Å². The normalized spacial score (nSPS) is 19.7. The summed E-state index contributed by atoms with van der Waals surface area (Å²) < 4.78 is 5.52. The van der Waals surface area contributed by atoms with Gasteiger partial charge in [0.1, 0.15) is 5.75 Å². The summed E-state index contributed by atoms with van der Waals surface area (Å²) in [5.74, 6) is 0.506. The Hall–Kier alpha value is -1.88. The van der Waals surface area contributed by atoms with Gasteiger partial charge >= 0.3 is 0 Å². The summed E-state index contributed by atoms with van der Waals surface area (Å²) >= 11 is 0. The van der Waals surface area contributed by atoms with Gasteiger partial charge in [-0.25, -0.2) is 0 Å². The van der Waals surface area contributed by atoms with Gasteiger partial charge in [0.2, 0.25) is 0 Å². The van der Waals surface area contributed by atoms with Gasteiger partial charge < -0.3 is 15.0 Å². The maximum atomic E-state index is 12.1. The zero-order valence-corrected chi connectivity index (χ0v) is 11.6. The van der Waals surface area contributed by atoms with Crippen molar-refractivity contribution >= 4 is 17.4 Å². The standard InChI is InChI=1S/C14H18N2O3/c1-8(15-3)13(17)10-5-6-12-11(7-10)16(4)14(18)9(2)19-12/h5-9,15H,1-4H3. The molecule has 1 aliphatic rings. The van der Waals surface area contributed by atoms with Gasteiger partial charge in [0.15, 0.2) is 11.9 Å². The first-order valence-electron chi connectivity index (χ1n) is 6.25. The molecule has 102 valence electrons. The van der Waals surface area contributed by atoms with Crippen LogP contribution in [0.2, 0.25) is 0 Å². The van der Waals surface area contributed by atoms with Crippen molar-refractivity contribution in [3.05, 3.63) is 23.8 Å². The number of carbonyl (C=O) groups excluding carboxylic acids is 2. The number of anilines is 1. The molecule has 1 heterocycles. The molecule has 2 rings (SSSR count). The number of ketones is 1. The number of nitrogens with one attached hydrogen (secondary N) is 1. The predicted octanol–water partition coefficient (Wildman–Crippen LogP) is 1.22. The number of likely N-dealkylation sites (N-methyl/N-ethyl adjacent to an activating group) is 2. The second-order valence-electron chi connectivity index (χ2n) is 4.71. The van der Waals surface area contributed by atoms with Crippen LogP contribution in [0.1, 0.15) is 24.2 Å². The third kappa shape index (κ3) is 2.33. The highest BCUT2D eigenvalue weighted by Crippen LogP contribution is 2.34. The van der Waals surface area contributed by atoms with Crippen molar-refractivity contribution < 1.29 is 14.3 Å². The molecular weight excluding hydrogens is 244 g/mol. The number of ether oxygens (including phenoxy) is 1. The van der Waals surface area contributed by atoms with Gasteiger partial charge in [-0.3, -0.25) is 9.59 Å². The Kier molecular flexibility index (Phi) is 3.57. The Morgan fingerprint density at radius 3 is 2.79 bits per heavy atom. The van der Waals surface area contributed by atoms with Crippen LogP contribution >= 0.6 is 0 Å². The molecule has 0 saturated carbocycles. The number of hydrogen-bond acceptors (Lipinski definition) is 4. The van der Waals surface area contributed by atoms with E-state index in [1.165, 1.54) is 4.90 Å². The first kappa shape index (κ1) is 13.5. The molecule has 1 amide bonds. The molecule has 0 saturated heterocycles. The van der Waals surface area contributed by atoms with Crippen molar-refractivity contribution in [2.24, 2.45) is 0 Å². The molecule has 0 radical (unpaired) electrons. The van der Waals surface area contributed by atoms with E-state index in [0.29, 0.717) is 17.0 Å². The van der Waals surface area contributed by atoms with Crippen LogP contribution in [0.4, 0.5) is 5.69 Å². The van der Waals surface area contributed by atoms with Crippen LogP contribution in [0.25, 0.3) is 0 Å². The lowest BCUT2D eigenvalue weighted by Gasteiger charge is -2.30. The number of fused-ring (bicyclic) bond motifs is 1. The maximum Gasteiger partial charge on any atom is 0.267 e. The average molecular weight is 262 g/mol. The number of Topliss-reactive ketones (excluding diaryl/α,β-unsaturated/α-hetero) is 1. The van der Waals surface area contributed by atoms with Crippen molar-refractivity contribution in [2.75, 3.05) is 19.0 Å². The Balaban J connectivity index is 2.39. The minimum absolute atomic E-state index is 0.00947. The van der Waals surface area contributed by atoms with Crippen molar-refractivity contribution in [1.82, 2.24) is 5.32 Å². The molecule has 0 bridgehead atoms. The molecular formula is C14H18N2O3. The summed E-state index contributed by atoms with van der Waals surface area (Å²) in [5.41, 5.74) is 1.20. The summed E-state index contributed by atoms with van der Waals surface area (Å²) in [6.07, 6.45) is -0.490. The molecule has 5 heteroatoms. The molecule has 19 heavy (non-hydrogen) atoms. The zero-order chi connectivity index (χ0) is 14.2. The van der Waals surface area contributed by atoms with Gasteiger partial charge in [-0.1, -0.05) is 0 Å². The highest BCUT2D eigenvalue weighted by atomic mass is 16.5. The van der Waals surface area contributed by atoms with Crippen molar-refractivity contribution in [3.8, 4) is 5.75 Å². The van der Waals surface area contributed by atoms with Crippen LogP contribution in [0.15, 0.2) is 18.2 Å². The van der Waals surface area contributed by atoms with Crippen LogP contribution < -0.4 is 15.0 Å². The molecule has 1 aliphatic heterocycles. The summed E-state index contributed by atoms with van der Waals surface area (Å²) in [6, 6.07) is 4.91. The van der Waals surface area contributed by atoms with Gasteiger partial charge in [-0.2, -0.15) is 0 Å². The molecule has 0 aromatic heterocycles. The predicted molar refractivity (Wildman–Crippen MR) is 72.8 cm³/mol. The average Bonchev–Trinajstić information content (AvgIpc) is 2.43. The minimum Gasteiger partial charge on any atom is -0.479 e. The summed E-state index contributed by atoms with van der Waals surface area (Å²) in [7, 11) is 3.43. The number of carbonyl (C=O) groups is 2. The third-order valence-corrected chi connectivity index (χ3v) is 3.41. The van der Waals surface area contributed by atoms with Crippen molar-refractivity contribution in [3.63, 3.8) is 0 Å². The largest absolute Gasteiger partial charge is 0.479 e. The molecule has 1 aromatic rings. The van der Waals surface area contributed by atoms with Gasteiger partial charge in [0, 0.05) is 12.6 Å². The Morgan fingerprint density at radius 2 is 2.16 bits per heavy atom. The molecule has 5 nitrogen and oxygen atoms in total. The quantitative estimate of drug-likeness (QED) is 0.832. The van der Waals surface area contributed by atoms with Crippen LogP contribution in [0.5, 0.6) is 5.75 Å². The monoisotopic (exact) mass is 262 g/mol. The Bertz CT molecular complexity index is 527. The van der Waals surface area contributed by atoms with E-state index in [1.54, 1.807) is 46.1 Å². The number of hydrogen-bond donors (Lipinski definition) is 1. The highest BCUT2D eigenvalue weighted by Gasteiger charge is 2.29. The number of amides is 1. The maximum absolute atomic E-state index is 12.1. The fourth-order valence-corrected chi connectivity index (χ4v) is 2.05. The second-order valence-corrected chi connectivity index (χ2v) is 4.71. The van der Waals surface area contributed by atoms with Crippen molar-refractivity contribution in [1.29, 1.82) is 0 Å². The lowest BCUT2D eigenvalue weighted by molar-refractivity contribution is -0.125. The summed E-state index contributed by atoms with van der Waals surface area (Å²) in [5, 5.41) is 2.91. The van der Waals surface area contributed by atoms with E-state index in [4.69, 9.17) is 4.74 Å². The van der Waals surface area contributed by atoms with Crippen LogP contribution in [-0.2, 0) is 4.79 Å². The van der Waals surface area contributed by atoms with E-state index in [2.05, 4.69) is 5.32 Å². The number of benzene rings is 1. The molecule has 1 aromatic carbocycles. The Morgan fingerprint density at radius 1 is 1.47 bits per heavy atom. The van der Waals surface area contributed by atoms with Gasteiger partial charge in [-0.15, -0.1) is 0 Å². The topological polar surface area (TPSA) is 58.6 Å². The first-order chi connectivity index (χ1) is 8.95. The number of nitrogens with zero attached hydrogens (tertiary/aromatic N) is 1. The molecule has 0 fully saturated rings. The van der Waals surface area contributed by atoms with Crippen LogP contribution in [0, 0.1) is 0 Å². The molecule has 2 unspecified atom stereocenters. The number of rotatable bonds is 3. The van der Waals surface area contributed by atoms with E-state index in [9.17, 15) is 9.59 Å². The van der Waals surface area contributed by atoms with Crippen molar-refractivity contribution in [2.45, 2.75) is 26.0 Å². The molecule has 2 atom stereocenters. The van der Waals surface area contributed by atoms with E-state index in [0.717, 1.165) is 0 Å². The van der Waals surface area contributed by atoms with Gasteiger partial charge in [0.25, 0.3) is 5.91 Å². The zero-order valence-electron chi connectivity index (χ0n) is 11.6. The third-order valence-electron chi connectivity index (χ3n) is 3.41. The Labute approximate surface area is 112 Å². The SMILES string of the molecule is CNC(C)C(=O)c1ccc2c(c1)N(C)C(=O)C(C)O2. The highest BCUT2D eigenvalue weighted by molar-refractivity contribution is 6.04.